The number of benzene rings is 1. The van der Waals surface area contributed by atoms with Gasteiger partial charge in [0.2, 0.25) is 0 Å². The highest BCUT2D eigenvalue weighted by atomic mass is 35.5. The molecule has 94 valence electrons. The van der Waals surface area contributed by atoms with E-state index < -0.39 is 0 Å². The molecule has 17 heavy (non-hydrogen) atoms. The van der Waals surface area contributed by atoms with Crippen LogP contribution in [0, 0.1) is 12.8 Å². The molecule has 3 heteroatoms. The molecule has 1 fully saturated rings. The molecule has 0 heterocycles. The monoisotopic (exact) mass is 253 g/mol. The van der Waals surface area contributed by atoms with Gasteiger partial charge in [-0.15, -0.1) is 0 Å². The summed E-state index contributed by atoms with van der Waals surface area (Å²) in [7, 11) is 0. The molecule has 2 N–H and O–H groups in total. The number of nitrogens with two attached hydrogens (primary N) is 1. The summed E-state index contributed by atoms with van der Waals surface area (Å²) in [6.45, 7) is 4.88. The van der Waals surface area contributed by atoms with Crippen molar-refractivity contribution >= 4 is 11.6 Å². The standard InChI is InChI=1S/C14H20ClNO/c1-9-5-14(17-8-11-3-4-11)13(15)7-12(9)6-10(2)16/h5,7,10-11H,3-4,6,8,16H2,1-2H3. The molecule has 1 saturated carbocycles. The number of hydrogen-bond donors (Lipinski definition) is 1. The van der Waals surface area contributed by atoms with Crippen molar-refractivity contribution in [2.75, 3.05) is 6.61 Å². The summed E-state index contributed by atoms with van der Waals surface area (Å²) in [5, 5.41) is 0.701. The van der Waals surface area contributed by atoms with Crippen molar-refractivity contribution in [2.45, 2.75) is 39.2 Å². The van der Waals surface area contributed by atoms with E-state index in [0.717, 1.165) is 24.7 Å². The lowest BCUT2D eigenvalue weighted by Crippen LogP contribution is -2.18. The minimum absolute atomic E-state index is 0.156. The lowest BCUT2D eigenvalue weighted by atomic mass is 10.0. The topological polar surface area (TPSA) is 35.2 Å². The molecule has 1 aliphatic carbocycles. The summed E-state index contributed by atoms with van der Waals surface area (Å²) in [4.78, 5) is 0. The van der Waals surface area contributed by atoms with Crippen LogP contribution in [0.3, 0.4) is 0 Å². The molecule has 0 aliphatic heterocycles. The summed E-state index contributed by atoms with van der Waals surface area (Å²) < 4.78 is 5.74. The summed E-state index contributed by atoms with van der Waals surface area (Å²) in [5.41, 5.74) is 8.23. The third-order valence-corrected chi connectivity index (χ3v) is 3.40. The van der Waals surface area contributed by atoms with Crippen LogP contribution in [-0.4, -0.2) is 12.6 Å². The van der Waals surface area contributed by atoms with Gasteiger partial charge in [0.25, 0.3) is 0 Å². The van der Waals surface area contributed by atoms with Crippen LogP contribution in [0.2, 0.25) is 5.02 Å². The van der Waals surface area contributed by atoms with Gasteiger partial charge in [0.05, 0.1) is 11.6 Å². The highest BCUT2D eigenvalue weighted by Gasteiger charge is 2.22. The Morgan fingerprint density at radius 2 is 2.18 bits per heavy atom. The normalized spacial score (nSPS) is 16.9. The van der Waals surface area contributed by atoms with Gasteiger partial charge in [0, 0.05) is 6.04 Å². The van der Waals surface area contributed by atoms with Crippen LogP contribution in [0.5, 0.6) is 5.75 Å². The quantitative estimate of drug-likeness (QED) is 0.874. The van der Waals surface area contributed by atoms with Crippen molar-refractivity contribution in [3.63, 3.8) is 0 Å². The molecule has 1 aromatic carbocycles. The van der Waals surface area contributed by atoms with E-state index in [0.29, 0.717) is 5.02 Å². The predicted molar refractivity (Wildman–Crippen MR) is 71.8 cm³/mol. The van der Waals surface area contributed by atoms with Gasteiger partial charge in [0.1, 0.15) is 5.75 Å². The molecule has 1 unspecified atom stereocenters. The molecular formula is C14H20ClNO. The fourth-order valence-corrected chi connectivity index (χ4v) is 2.11. The molecular weight excluding hydrogens is 234 g/mol. The average molecular weight is 254 g/mol. The van der Waals surface area contributed by atoms with Gasteiger partial charge in [-0.3, -0.25) is 0 Å². The maximum absolute atomic E-state index is 6.22. The molecule has 2 nitrogen and oxygen atoms in total. The van der Waals surface area contributed by atoms with Crippen molar-refractivity contribution in [3.8, 4) is 5.75 Å². The average Bonchev–Trinajstić information content (AvgIpc) is 3.04. The van der Waals surface area contributed by atoms with Gasteiger partial charge in [0.15, 0.2) is 0 Å². The zero-order chi connectivity index (χ0) is 12.4. The number of hydrogen-bond acceptors (Lipinski definition) is 2. The second kappa shape index (κ2) is 5.28. The molecule has 0 amide bonds. The van der Waals surface area contributed by atoms with Crippen molar-refractivity contribution in [1.29, 1.82) is 0 Å². The maximum atomic E-state index is 6.22. The lowest BCUT2D eigenvalue weighted by molar-refractivity contribution is 0.299. The Hall–Kier alpha value is -0.730. The van der Waals surface area contributed by atoms with E-state index >= 15 is 0 Å². The largest absolute Gasteiger partial charge is 0.492 e. The van der Waals surface area contributed by atoms with E-state index in [1.165, 1.54) is 24.0 Å². The van der Waals surface area contributed by atoms with E-state index in [-0.39, 0.29) is 6.04 Å². The van der Waals surface area contributed by atoms with Gasteiger partial charge >= 0.3 is 0 Å². The zero-order valence-electron chi connectivity index (χ0n) is 10.5. The molecule has 0 saturated heterocycles. The van der Waals surface area contributed by atoms with Crippen LogP contribution in [0.1, 0.15) is 30.9 Å². The first-order valence-electron chi connectivity index (χ1n) is 6.23. The Kier molecular flexibility index (Phi) is 3.95. The van der Waals surface area contributed by atoms with Crippen molar-refractivity contribution in [1.82, 2.24) is 0 Å². The molecule has 2 rings (SSSR count). The Balaban J connectivity index is 2.09. The van der Waals surface area contributed by atoms with E-state index in [9.17, 15) is 0 Å². The second-order valence-electron chi connectivity index (χ2n) is 5.14. The molecule has 1 aliphatic rings. The summed E-state index contributed by atoms with van der Waals surface area (Å²) in [6.07, 6.45) is 3.44. The van der Waals surface area contributed by atoms with Gasteiger partial charge in [-0.25, -0.2) is 0 Å². The highest BCUT2D eigenvalue weighted by Crippen LogP contribution is 2.33. The fraction of sp³-hybridized carbons (Fsp3) is 0.571. The Labute approximate surface area is 108 Å². The summed E-state index contributed by atoms with van der Waals surface area (Å²) >= 11 is 6.22. The van der Waals surface area contributed by atoms with Crippen LogP contribution in [-0.2, 0) is 6.42 Å². The molecule has 0 aromatic heterocycles. The number of halogens is 1. The maximum Gasteiger partial charge on any atom is 0.138 e. The fourth-order valence-electron chi connectivity index (χ4n) is 1.87. The number of ether oxygens (including phenoxy) is 1. The molecule has 0 bridgehead atoms. The van der Waals surface area contributed by atoms with Gasteiger partial charge in [-0.05, 0) is 62.3 Å². The minimum Gasteiger partial charge on any atom is -0.492 e. The first-order valence-corrected chi connectivity index (χ1v) is 6.61. The number of aryl methyl sites for hydroxylation is 1. The SMILES string of the molecule is Cc1cc(OCC2CC2)c(Cl)cc1CC(C)N. The Morgan fingerprint density at radius 1 is 1.47 bits per heavy atom. The summed E-state index contributed by atoms with van der Waals surface area (Å²) in [5.74, 6) is 1.56. The van der Waals surface area contributed by atoms with E-state index in [1.54, 1.807) is 0 Å². The number of rotatable bonds is 5. The third kappa shape index (κ3) is 3.62. The van der Waals surface area contributed by atoms with Crippen LogP contribution < -0.4 is 10.5 Å². The predicted octanol–water partition coefficient (Wildman–Crippen LogP) is 3.33. The van der Waals surface area contributed by atoms with E-state index in [1.807, 2.05) is 19.1 Å². The van der Waals surface area contributed by atoms with Crippen molar-refractivity contribution in [2.24, 2.45) is 11.7 Å². The van der Waals surface area contributed by atoms with E-state index in [4.69, 9.17) is 22.1 Å². The summed E-state index contributed by atoms with van der Waals surface area (Å²) in [6, 6.07) is 4.17. The third-order valence-electron chi connectivity index (χ3n) is 3.10. The molecule has 0 radical (unpaired) electrons. The van der Waals surface area contributed by atoms with Crippen LogP contribution >= 0.6 is 11.6 Å². The lowest BCUT2D eigenvalue weighted by Gasteiger charge is -2.13. The van der Waals surface area contributed by atoms with Crippen LogP contribution in [0.15, 0.2) is 12.1 Å². The van der Waals surface area contributed by atoms with Gasteiger partial charge in [-0.2, -0.15) is 0 Å². The van der Waals surface area contributed by atoms with Crippen LogP contribution in [0.25, 0.3) is 0 Å². The second-order valence-corrected chi connectivity index (χ2v) is 5.55. The van der Waals surface area contributed by atoms with Gasteiger partial charge < -0.3 is 10.5 Å². The first-order chi connectivity index (χ1) is 8.06. The molecule has 0 spiro atoms. The first kappa shape index (κ1) is 12.7. The minimum atomic E-state index is 0.156. The molecule has 1 aromatic rings. The smallest absolute Gasteiger partial charge is 0.138 e. The van der Waals surface area contributed by atoms with E-state index in [2.05, 4.69) is 6.92 Å². The van der Waals surface area contributed by atoms with Crippen molar-refractivity contribution in [3.05, 3.63) is 28.3 Å². The van der Waals surface area contributed by atoms with Crippen LogP contribution in [0.4, 0.5) is 0 Å². The van der Waals surface area contributed by atoms with Gasteiger partial charge in [-0.1, -0.05) is 11.6 Å². The Morgan fingerprint density at radius 3 is 2.76 bits per heavy atom. The zero-order valence-corrected chi connectivity index (χ0v) is 11.3. The molecule has 1 atom stereocenters. The highest BCUT2D eigenvalue weighted by molar-refractivity contribution is 6.32. The Bertz CT molecular complexity index is 399. The van der Waals surface area contributed by atoms with Crippen molar-refractivity contribution < 1.29 is 4.74 Å².